The van der Waals surface area contributed by atoms with Crippen LogP contribution in [0.4, 0.5) is 0 Å². The fourth-order valence-electron chi connectivity index (χ4n) is 1.25. The number of aromatic amines is 1. The van der Waals surface area contributed by atoms with Gasteiger partial charge in [0.15, 0.2) is 0 Å². The summed E-state index contributed by atoms with van der Waals surface area (Å²) in [6.07, 6.45) is 0. The molecule has 1 aromatic carbocycles. The van der Waals surface area contributed by atoms with Gasteiger partial charge in [0.05, 0.1) is 5.52 Å². The van der Waals surface area contributed by atoms with Gasteiger partial charge in [0, 0.05) is 17.0 Å². The van der Waals surface area contributed by atoms with Crippen molar-refractivity contribution in [3.8, 4) is 0 Å². The molecule has 17 heavy (non-hydrogen) atoms. The van der Waals surface area contributed by atoms with Crippen molar-refractivity contribution >= 4 is 16.9 Å². The average molecular weight is 237 g/mol. The Morgan fingerprint density at radius 1 is 1.35 bits per heavy atom. The van der Waals surface area contributed by atoms with Crippen molar-refractivity contribution in [2.45, 2.75) is 13.8 Å². The lowest BCUT2D eigenvalue weighted by atomic mass is 10.2. The zero-order valence-corrected chi connectivity index (χ0v) is 9.98. The minimum absolute atomic E-state index is 0. The molecule has 2 rings (SSSR count). The van der Waals surface area contributed by atoms with E-state index in [1.54, 1.807) is 0 Å². The molecule has 0 saturated carbocycles. The maximum atomic E-state index is 10.9. The molecule has 0 bridgehead atoms. The zero-order chi connectivity index (χ0) is 12.1. The van der Waals surface area contributed by atoms with Gasteiger partial charge < -0.3 is 21.0 Å². The Morgan fingerprint density at radius 2 is 1.88 bits per heavy atom. The highest BCUT2D eigenvalue weighted by atomic mass is 16.4. The van der Waals surface area contributed by atoms with Crippen LogP contribution in [0.1, 0.15) is 12.6 Å². The van der Waals surface area contributed by atoms with E-state index in [1.807, 2.05) is 31.2 Å². The summed E-state index contributed by atoms with van der Waals surface area (Å²) in [6, 6.07) is 7.56. The molecule has 92 valence electrons. The number of carboxylic acids is 1. The minimum Gasteiger partial charge on any atom is -0.550 e. The largest absolute Gasteiger partial charge is 0.550 e. The van der Waals surface area contributed by atoms with Crippen molar-refractivity contribution in [1.29, 1.82) is 0 Å². The summed E-state index contributed by atoms with van der Waals surface area (Å²) in [5, 5.41) is 9.89. The number of aryl methyl sites for hydroxylation is 1. The van der Waals surface area contributed by atoms with Crippen LogP contribution in [0.15, 0.2) is 29.1 Å². The molecule has 0 aliphatic rings. The van der Waals surface area contributed by atoms with E-state index in [0.717, 1.165) is 23.5 Å². The van der Waals surface area contributed by atoms with Crippen LogP contribution in [0.25, 0.3) is 10.9 Å². The molecule has 5 N–H and O–H groups in total. The van der Waals surface area contributed by atoms with E-state index in [4.69, 9.17) is 9.90 Å². The van der Waals surface area contributed by atoms with Crippen LogP contribution in [0.3, 0.4) is 0 Å². The second-order valence-electron chi connectivity index (χ2n) is 3.18. The highest BCUT2D eigenvalue weighted by molar-refractivity contribution is 5.80. The molecule has 0 saturated heterocycles. The van der Waals surface area contributed by atoms with Crippen molar-refractivity contribution in [2.24, 2.45) is 0 Å². The van der Waals surface area contributed by atoms with E-state index >= 15 is 0 Å². The van der Waals surface area contributed by atoms with E-state index in [9.17, 15) is 4.79 Å². The number of carbonyl (C=O) groups excluding carboxylic acids is 1. The van der Waals surface area contributed by atoms with E-state index in [-0.39, 0.29) is 11.8 Å². The first-order valence-corrected chi connectivity index (χ1v) is 4.64. The molecular formula is C11H15N3O3. The van der Waals surface area contributed by atoms with Crippen molar-refractivity contribution < 1.29 is 9.90 Å². The molecule has 1 heterocycles. The van der Waals surface area contributed by atoms with Gasteiger partial charge in [-0.3, -0.25) is 0 Å². The van der Waals surface area contributed by atoms with Crippen LogP contribution in [-0.4, -0.2) is 15.9 Å². The summed E-state index contributed by atoms with van der Waals surface area (Å²) in [5.41, 5.74) is 1.33. The number of hydrogen-bond acceptors (Lipinski definition) is 4. The lowest BCUT2D eigenvalue weighted by Crippen LogP contribution is -2.16. The third-order valence-electron chi connectivity index (χ3n) is 1.82. The van der Waals surface area contributed by atoms with E-state index in [1.165, 1.54) is 0 Å². The van der Waals surface area contributed by atoms with Crippen LogP contribution in [-0.2, 0) is 4.79 Å². The molecular weight excluding hydrogens is 222 g/mol. The SMILES string of the molecule is CC(=O)[O-].Cc1[nH]c(=O)nc2ccccc12.[NH4+]. The normalized spacial score (nSPS) is 8.82. The number of nitrogens with zero attached hydrogens (tertiary/aromatic N) is 1. The second kappa shape index (κ2) is 6.39. The van der Waals surface area contributed by atoms with Gasteiger partial charge in [-0.25, -0.2) is 4.79 Å². The van der Waals surface area contributed by atoms with Gasteiger partial charge in [-0.05, 0) is 19.9 Å². The number of nitrogens with one attached hydrogen (secondary N) is 1. The summed E-state index contributed by atoms with van der Waals surface area (Å²) >= 11 is 0. The Bertz CT molecular complexity index is 559. The number of carboxylic acid groups (broad SMARTS) is 1. The van der Waals surface area contributed by atoms with Crippen LogP contribution in [0.2, 0.25) is 0 Å². The maximum Gasteiger partial charge on any atom is 0.345 e. The molecule has 0 amide bonds. The number of H-pyrrole nitrogens is 1. The van der Waals surface area contributed by atoms with Crippen molar-refractivity contribution in [1.82, 2.24) is 16.1 Å². The molecule has 0 atom stereocenters. The number of rotatable bonds is 0. The van der Waals surface area contributed by atoms with Gasteiger partial charge in [0.2, 0.25) is 0 Å². The Labute approximate surface area is 97.9 Å². The van der Waals surface area contributed by atoms with Gasteiger partial charge in [-0.1, -0.05) is 18.2 Å². The summed E-state index contributed by atoms with van der Waals surface area (Å²) in [5.74, 6) is -1.08. The van der Waals surface area contributed by atoms with Crippen molar-refractivity contribution in [3.63, 3.8) is 0 Å². The van der Waals surface area contributed by atoms with E-state index in [2.05, 4.69) is 9.97 Å². The van der Waals surface area contributed by atoms with Crippen LogP contribution < -0.4 is 16.9 Å². The van der Waals surface area contributed by atoms with Crippen molar-refractivity contribution in [3.05, 3.63) is 40.4 Å². The highest BCUT2D eigenvalue weighted by Crippen LogP contribution is 2.10. The second-order valence-corrected chi connectivity index (χ2v) is 3.18. The third kappa shape index (κ3) is 4.43. The van der Waals surface area contributed by atoms with Crippen molar-refractivity contribution in [2.75, 3.05) is 0 Å². The summed E-state index contributed by atoms with van der Waals surface area (Å²) in [4.78, 5) is 26.3. The number of fused-ring (bicyclic) bond motifs is 1. The average Bonchev–Trinajstić information content (AvgIpc) is 2.16. The zero-order valence-electron chi connectivity index (χ0n) is 9.98. The smallest absolute Gasteiger partial charge is 0.345 e. The molecule has 0 unspecified atom stereocenters. The Morgan fingerprint density at radius 3 is 2.47 bits per heavy atom. The molecule has 0 aliphatic heterocycles. The highest BCUT2D eigenvalue weighted by Gasteiger charge is 1.97. The standard InChI is InChI=1S/C9H8N2O.C2H4O2.H3N/c1-6-7-4-2-3-5-8(7)11-9(12)10-6;1-2(3)4;/h2-5H,1H3,(H,10,11,12);1H3,(H,3,4);1H3. The fourth-order valence-corrected chi connectivity index (χ4v) is 1.25. The predicted octanol–water partition coefficient (Wildman–Crippen LogP) is 0.364. The van der Waals surface area contributed by atoms with Gasteiger partial charge >= 0.3 is 5.69 Å². The first kappa shape index (κ1) is 14.8. The molecule has 0 radical (unpaired) electrons. The van der Waals surface area contributed by atoms with Crippen LogP contribution >= 0.6 is 0 Å². The van der Waals surface area contributed by atoms with E-state index in [0.29, 0.717) is 0 Å². The number of carbonyl (C=O) groups is 1. The molecule has 6 heteroatoms. The monoisotopic (exact) mass is 237 g/mol. The van der Waals surface area contributed by atoms with Gasteiger partial charge in [0.25, 0.3) is 0 Å². The Hall–Kier alpha value is -2.21. The Kier molecular flexibility index (Phi) is 5.56. The lowest BCUT2D eigenvalue weighted by Gasteiger charge is -1.97. The number of hydrogen-bond donors (Lipinski definition) is 2. The predicted molar refractivity (Wildman–Crippen MR) is 63.8 cm³/mol. The molecule has 0 fully saturated rings. The quantitative estimate of drug-likeness (QED) is 0.686. The number of benzene rings is 1. The molecule has 2 aromatic rings. The lowest BCUT2D eigenvalue weighted by molar-refractivity contribution is -0.302. The third-order valence-corrected chi connectivity index (χ3v) is 1.82. The molecule has 0 spiro atoms. The van der Waals surface area contributed by atoms with E-state index < -0.39 is 5.97 Å². The number of quaternary nitrogens is 1. The number of para-hydroxylation sites is 1. The first-order chi connectivity index (χ1) is 7.50. The van der Waals surface area contributed by atoms with Gasteiger partial charge in [-0.15, -0.1) is 0 Å². The van der Waals surface area contributed by atoms with Gasteiger partial charge in [0.1, 0.15) is 0 Å². The maximum absolute atomic E-state index is 10.9. The Balaban J connectivity index is 0.000000453. The number of aliphatic carboxylic acids is 1. The first-order valence-electron chi connectivity index (χ1n) is 4.64. The molecule has 6 nitrogen and oxygen atoms in total. The molecule has 0 aliphatic carbocycles. The minimum atomic E-state index is -1.08. The van der Waals surface area contributed by atoms with Crippen LogP contribution in [0, 0.1) is 6.92 Å². The summed E-state index contributed by atoms with van der Waals surface area (Å²) in [6.45, 7) is 2.84. The summed E-state index contributed by atoms with van der Waals surface area (Å²) < 4.78 is 0. The summed E-state index contributed by atoms with van der Waals surface area (Å²) in [7, 11) is 0. The number of aromatic nitrogens is 2. The van der Waals surface area contributed by atoms with Crippen LogP contribution in [0.5, 0.6) is 0 Å². The molecule has 1 aromatic heterocycles. The van der Waals surface area contributed by atoms with Gasteiger partial charge in [-0.2, -0.15) is 4.98 Å². The topological polar surface area (TPSA) is 122 Å². The fraction of sp³-hybridized carbons (Fsp3) is 0.182.